The van der Waals surface area contributed by atoms with Crippen LogP contribution in [-0.4, -0.2) is 14.6 Å². The number of rotatable bonds is 4. The molecule has 1 fully saturated rings. The third-order valence-electron chi connectivity index (χ3n) is 4.17. The number of fused-ring (bicyclic) bond motifs is 1. The van der Waals surface area contributed by atoms with Gasteiger partial charge in [0, 0.05) is 5.92 Å². The average molecular weight is 278 g/mol. The number of hydrogen-bond acceptors (Lipinski definition) is 2. The Morgan fingerprint density at radius 3 is 2.84 bits per heavy atom. The summed E-state index contributed by atoms with van der Waals surface area (Å²) in [6, 6.07) is 4.21. The highest BCUT2D eigenvalue weighted by Gasteiger charge is 2.22. The zero-order valence-corrected chi connectivity index (χ0v) is 12.3. The van der Waals surface area contributed by atoms with Crippen LogP contribution in [0.2, 0.25) is 5.15 Å². The Morgan fingerprint density at radius 2 is 2.21 bits per heavy atom. The van der Waals surface area contributed by atoms with E-state index in [2.05, 4.69) is 36.1 Å². The van der Waals surface area contributed by atoms with E-state index in [1.807, 2.05) is 0 Å². The van der Waals surface area contributed by atoms with Crippen LogP contribution in [0.1, 0.15) is 69.2 Å². The van der Waals surface area contributed by atoms with Gasteiger partial charge in [0.05, 0.1) is 0 Å². The molecule has 1 saturated carbocycles. The Morgan fingerprint density at radius 1 is 1.42 bits per heavy atom. The lowest BCUT2D eigenvalue weighted by Gasteiger charge is -2.25. The van der Waals surface area contributed by atoms with E-state index in [-0.39, 0.29) is 0 Å². The average Bonchev–Trinajstić information content (AvgIpc) is 2.71. The fraction of sp³-hybridized carbons (Fsp3) is 0.600. The number of halogens is 1. The summed E-state index contributed by atoms with van der Waals surface area (Å²) in [4.78, 5) is 4.66. The third kappa shape index (κ3) is 2.36. The molecule has 4 heteroatoms. The summed E-state index contributed by atoms with van der Waals surface area (Å²) in [5.74, 6) is 1.98. The highest BCUT2D eigenvalue weighted by atomic mass is 35.5. The molecule has 0 aromatic carbocycles. The van der Waals surface area contributed by atoms with Crippen LogP contribution in [0.3, 0.4) is 0 Å². The van der Waals surface area contributed by atoms with Gasteiger partial charge in [-0.1, -0.05) is 38.3 Å². The quantitative estimate of drug-likeness (QED) is 0.767. The summed E-state index contributed by atoms with van der Waals surface area (Å²) in [5.41, 5.74) is 2.22. The highest BCUT2D eigenvalue weighted by Crippen LogP contribution is 2.37. The molecule has 2 aromatic heterocycles. The van der Waals surface area contributed by atoms with Gasteiger partial charge in [-0.15, -0.1) is 5.10 Å². The summed E-state index contributed by atoms with van der Waals surface area (Å²) in [6.07, 6.45) is 6.15. The summed E-state index contributed by atoms with van der Waals surface area (Å²) in [7, 11) is 0. The zero-order valence-electron chi connectivity index (χ0n) is 11.6. The minimum Gasteiger partial charge on any atom is -0.212 e. The van der Waals surface area contributed by atoms with Gasteiger partial charge in [-0.2, -0.15) is 0 Å². The normalized spacial score (nSPS) is 17.6. The molecule has 0 radical (unpaired) electrons. The van der Waals surface area contributed by atoms with Crippen LogP contribution in [-0.2, 0) is 0 Å². The van der Waals surface area contributed by atoms with Crippen molar-refractivity contribution in [1.82, 2.24) is 14.6 Å². The van der Waals surface area contributed by atoms with E-state index in [9.17, 15) is 0 Å². The van der Waals surface area contributed by atoms with Crippen molar-refractivity contribution in [1.29, 1.82) is 0 Å². The molecule has 0 saturated heterocycles. The van der Waals surface area contributed by atoms with Crippen LogP contribution in [0, 0.1) is 0 Å². The molecule has 2 aromatic rings. The van der Waals surface area contributed by atoms with Gasteiger partial charge in [0.1, 0.15) is 5.15 Å². The van der Waals surface area contributed by atoms with E-state index in [0.29, 0.717) is 17.0 Å². The number of nitrogens with zero attached hydrogens (tertiary/aromatic N) is 3. The van der Waals surface area contributed by atoms with Gasteiger partial charge in [0.2, 0.25) is 0 Å². The first-order valence-corrected chi connectivity index (χ1v) is 7.63. The zero-order chi connectivity index (χ0) is 13.4. The smallest absolute Gasteiger partial charge is 0.157 e. The predicted octanol–water partition coefficient (Wildman–Crippen LogP) is 4.55. The lowest BCUT2D eigenvalue weighted by Crippen LogP contribution is -2.09. The monoisotopic (exact) mass is 277 g/mol. The van der Waals surface area contributed by atoms with Crippen molar-refractivity contribution in [2.75, 3.05) is 0 Å². The van der Waals surface area contributed by atoms with Gasteiger partial charge < -0.3 is 0 Å². The fourth-order valence-corrected chi connectivity index (χ4v) is 2.98. The third-order valence-corrected chi connectivity index (χ3v) is 4.44. The molecule has 102 valence electrons. The summed E-state index contributed by atoms with van der Waals surface area (Å²) in [5, 5.41) is 5.23. The molecule has 1 atom stereocenters. The Hall–Kier alpha value is -1.09. The summed E-state index contributed by atoms with van der Waals surface area (Å²) in [6.45, 7) is 4.37. The second-order valence-corrected chi connectivity index (χ2v) is 6.06. The van der Waals surface area contributed by atoms with Gasteiger partial charge in [-0.05, 0) is 42.9 Å². The van der Waals surface area contributed by atoms with Gasteiger partial charge in [-0.25, -0.2) is 9.50 Å². The fourth-order valence-electron chi connectivity index (χ4n) is 2.73. The molecular weight excluding hydrogens is 258 g/mol. The second kappa shape index (κ2) is 5.12. The molecule has 0 N–H and O–H groups in total. The molecule has 0 bridgehead atoms. The lowest BCUT2D eigenvalue weighted by atomic mass is 9.80. The summed E-state index contributed by atoms with van der Waals surface area (Å²) >= 11 is 6.34. The van der Waals surface area contributed by atoms with E-state index in [4.69, 9.17) is 11.6 Å². The van der Waals surface area contributed by atoms with Crippen molar-refractivity contribution in [3.63, 3.8) is 0 Å². The highest BCUT2D eigenvalue weighted by molar-refractivity contribution is 6.29. The molecule has 1 unspecified atom stereocenters. The maximum Gasteiger partial charge on any atom is 0.157 e. The lowest BCUT2D eigenvalue weighted by molar-refractivity contribution is 0.419. The van der Waals surface area contributed by atoms with Gasteiger partial charge in [0.25, 0.3) is 0 Å². The first-order valence-electron chi connectivity index (χ1n) is 7.25. The minimum absolute atomic E-state index is 0.396. The van der Waals surface area contributed by atoms with Crippen LogP contribution in [0.5, 0.6) is 0 Å². The topological polar surface area (TPSA) is 30.2 Å². The van der Waals surface area contributed by atoms with Gasteiger partial charge in [0.15, 0.2) is 11.5 Å². The minimum atomic E-state index is 0.396. The molecule has 0 aliphatic heterocycles. The Balaban J connectivity index is 1.99. The SMILES string of the molecule is CCCC(C)c1nc2cc(C3CCC3)cc(Cl)n2n1. The molecule has 0 amide bonds. The van der Waals surface area contributed by atoms with Crippen LogP contribution in [0.25, 0.3) is 5.65 Å². The molecule has 1 aliphatic rings. The van der Waals surface area contributed by atoms with Crippen molar-refractivity contribution in [3.8, 4) is 0 Å². The maximum absolute atomic E-state index is 6.34. The van der Waals surface area contributed by atoms with E-state index >= 15 is 0 Å². The molecule has 1 aliphatic carbocycles. The Labute approximate surface area is 119 Å². The molecular formula is C15H20ClN3. The van der Waals surface area contributed by atoms with Crippen molar-refractivity contribution in [2.24, 2.45) is 0 Å². The largest absolute Gasteiger partial charge is 0.212 e. The van der Waals surface area contributed by atoms with E-state index in [1.54, 1.807) is 4.52 Å². The summed E-state index contributed by atoms with van der Waals surface area (Å²) < 4.78 is 1.77. The molecule has 2 heterocycles. The van der Waals surface area contributed by atoms with Crippen molar-refractivity contribution in [2.45, 2.75) is 57.8 Å². The van der Waals surface area contributed by atoms with Crippen LogP contribution >= 0.6 is 11.6 Å². The van der Waals surface area contributed by atoms with E-state index in [0.717, 1.165) is 24.3 Å². The number of hydrogen-bond donors (Lipinski definition) is 0. The standard InChI is InChI=1S/C15H20ClN3/c1-3-5-10(2)15-17-14-9-12(11-6-4-7-11)8-13(16)19(14)18-15/h8-11H,3-7H2,1-2H3. The molecule has 3 rings (SSSR count). The van der Waals surface area contributed by atoms with Crippen molar-refractivity contribution in [3.05, 3.63) is 28.7 Å². The van der Waals surface area contributed by atoms with E-state index < -0.39 is 0 Å². The maximum atomic E-state index is 6.34. The first kappa shape index (κ1) is 12.9. The number of pyridine rings is 1. The Bertz CT molecular complexity index is 586. The Kier molecular flexibility index (Phi) is 3.48. The van der Waals surface area contributed by atoms with E-state index in [1.165, 1.54) is 24.8 Å². The van der Waals surface area contributed by atoms with Crippen LogP contribution < -0.4 is 0 Å². The van der Waals surface area contributed by atoms with Gasteiger partial charge in [-0.3, -0.25) is 0 Å². The predicted molar refractivity (Wildman–Crippen MR) is 77.9 cm³/mol. The van der Waals surface area contributed by atoms with Crippen molar-refractivity contribution < 1.29 is 0 Å². The second-order valence-electron chi connectivity index (χ2n) is 5.67. The van der Waals surface area contributed by atoms with Crippen LogP contribution in [0.15, 0.2) is 12.1 Å². The number of aromatic nitrogens is 3. The van der Waals surface area contributed by atoms with Crippen LogP contribution in [0.4, 0.5) is 0 Å². The molecule has 0 spiro atoms. The van der Waals surface area contributed by atoms with Crippen molar-refractivity contribution >= 4 is 17.2 Å². The molecule has 19 heavy (non-hydrogen) atoms. The first-order chi connectivity index (χ1) is 9.19. The molecule has 3 nitrogen and oxygen atoms in total. The van der Waals surface area contributed by atoms with Gasteiger partial charge >= 0.3 is 0 Å².